The van der Waals surface area contributed by atoms with Crippen LogP contribution in [0.4, 0.5) is 0 Å². The van der Waals surface area contributed by atoms with E-state index in [0.29, 0.717) is 12.1 Å². The summed E-state index contributed by atoms with van der Waals surface area (Å²) in [4.78, 5) is 2.55. The summed E-state index contributed by atoms with van der Waals surface area (Å²) < 4.78 is 5.75. The Morgan fingerprint density at radius 1 is 1.28 bits per heavy atom. The normalized spacial score (nSPS) is 27.7. The van der Waals surface area contributed by atoms with E-state index >= 15 is 0 Å². The molecular formula is C15H22N2O. The number of nitrogens with zero attached hydrogens (tertiary/aromatic N) is 1. The van der Waals surface area contributed by atoms with Gasteiger partial charge >= 0.3 is 0 Å². The van der Waals surface area contributed by atoms with Crippen LogP contribution in [0.3, 0.4) is 0 Å². The zero-order valence-electron chi connectivity index (χ0n) is 11.1. The van der Waals surface area contributed by atoms with Crippen molar-refractivity contribution in [3.63, 3.8) is 0 Å². The molecule has 0 spiro atoms. The van der Waals surface area contributed by atoms with E-state index in [2.05, 4.69) is 41.5 Å². The van der Waals surface area contributed by atoms with Crippen molar-refractivity contribution in [1.82, 2.24) is 10.2 Å². The topological polar surface area (TPSA) is 24.5 Å². The first-order valence-electron chi connectivity index (χ1n) is 7.00. The first-order valence-corrected chi connectivity index (χ1v) is 7.00. The predicted molar refractivity (Wildman–Crippen MR) is 72.9 cm³/mol. The molecule has 2 atom stereocenters. The summed E-state index contributed by atoms with van der Waals surface area (Å²) in [5.41, 5.74) is 1.36. The van der Waals surface area contributed by atoms with E-state index in [1.807, 2.05) is 0 Å². The molecule has 2 aliphatic rings. The summed E-state index contributed by atoms with van der Waals surface area (Å²) in [6.07, 6.45) is 3.70. The van der Waals surface area contributed by atoms with Crippen molar-refractivity contribution in [3.8, 4) is 5.75 Å². The van der Waals surface area contributed by atoms with Gasteiger partial charge in [-0.25, -0.2) is 0 Å². The maximum absolute atomic E-state index is 5.75. The van der Waals surface area contributed by atoms with Crippen LogP contribution >= 0.6 is 0 Å². The molecule has 2 heterocycles. The second-order valence-corrected chi connectivity index (χ2v) is 5.36. The molecule has 0 aromatic heterocycles. The standard InChI is InChI=1S/C15H22N2O/c1-17(12-5-4-9-16-11-12)14-8-10-18-15-7-3-2-6-13(14)15/h2-3,6-7,12,14,16H,4-5,8-11H2,1H3. The molecule has 2 aliphatic heterocycles. The molecule has 2 unspecified atom stereocenters. The van der Waals surface area contributed by atoms with Crippen LogP contribution in [0.15, 0.2) is 24.3 Å². The molecule has 3 heteroatoms. The molecule has 0 saturated carbocycles. The zero-order chi connectivity index (χ0) is 12.4. The number of nitrogens with one attached hydrogen (secondary N) is 1. The van der Waals surface area contributed by atoms with Crippen molar-refractivity contribution in [2.45, 2.75) is 31.3 Å². The first kappa shape index (κ1) is 12.0. The number of ether oxygens (including phenoxy) is 1. The van der Waals surface area contributed by atoms with Gasteiger partial charge in [-0.2, -0.15) is 0 Å². The van der Waals surface area contributed by atoms with Crippen molar-refractivity contribution in [3.05, 3.63) is 29.8 Å². The van der Waals surface area contributed by atoms with E-state index in [-0.39, 0.29) is 0 Å². The third-order valence-corrected chi connectivity index (χ3v) is 4.27. The van der Waals surface area contributed by atoms with Crippen LogP contribution in [-0.4, -0.2) is 37.7 Å². The van der Waals surface area contributed by atoms with Crippen molar-refractivity contribution in [2.24, 2.45) is 0 Å². The van der Waals surface area contributed by atoms with Crippen LogP contribution in [0.5, 0.6) is 5.75 Å². The lowest BCUT2D eigenvalue weighted by atomic mass is 9.96. The number of benzene rings is 1. The highest BCUT2D eigenvalue weighted by atomic mass is 16.5. The summed E-state index contributed by atoms with van der Waals surface area (Å²) in [5, 5.41) is 3.51. The van der Waals surface area contributed by atoms with Gasteiger partial charge in [0, 0.05) is 30.6 Å². The maximum atomic E-state index is 5.75. The van der Waals surface area contributed by atoms with Gasteiger partial charge in [0.1, 0.15) is 5.75 Å². The fourth-order valence-electron chi connectivity index (χ4n) is 3.18. The molecule has 1 aromatic rings. The van der Waals surface area contributed by atoms with Crippen molar-refractivity contribution < 1.29 is 4.74 Å². The van der Waals surface area contributed by atoms with E-state index < -0.39 is 0 Å². The number of likely N-dealkylation sites (N-methyl/N-ethyl adjacent to an activating group) is 1. The summed E-state index contributed by atoms with van der Waals surface area (Å²) in [7, 11) is 2.27. The highest BCUT2D eigenvalue weighted by Crippen LogP contribution is 2.36. The van der Waals surface area contributed by atoms with Crippen molar-refractivity contribution in [2.75, 3.05) is 26.7 Å². The fraction of sp³-hybridized carbons (Fsp3) is 0.600. The van der Waals surface area contributed by atoms with Crippen LogP contribution in [0.1, 0.15) is 30.9 Å². The molecule has 0 aliphatic carbocycles. The molecule has 3 rings (SSSR count). The van der Waals surface area contributed by atoms with Crippen LogP contribution in [0.25, 0.3) is 0 Å². The quantitative estimate of drug-likeness (QED) is 0.865. The molecule has 0 radical (unpaired) electrons. The average molecular weight is 246 g/mol. The molecular weight excluding hydrogens is 224 g/mol. The summed E-state index contributed by atoms with van der Waals surface area (Å²) >= 11 is 0. The molecule has 1 fully saturated rings. The minimum absolute atomic E-state index is 0.514. The van der Waals surface area contributed by atoms with Crippen LogP contribution < -0.4 is 10.1 Å². The molecule has 1 N–H and O–H groups in total. The van der Waals surface area contributed by atoms with E-state index in [9.17, 15) is 0 Å². The van der Waals surface area contributed by atoms with Gasteiger partial charge in [-0.15, -0.1) is 0 Å². The van der Waals surface area contributed by atoms with Gasteiger partial charge in [-0.05, 0) is 32.5 Å². The lowest BCUT2D eigenvalue weighted by molar-refractivity contribution is 0.109. The number of piperidine rings is 1. The third-order valence-electron chi connectivity index (χ3n) is 4.27. The Bertz CT molecular complexity index is 401. The van der Waals surface area contributed by atoms with E-state index in [0.717, 1.165) is 25.3 Å². The Labute approximate surface area is 109 Å². The monoisotopic (exact) mass is 246 g/mol. The minimum atomic E-state index is 0.514. The average Bonchev–Trinajstić information content (AvgIpc) is 2.47. The Hall–Kier alpha value is -1.06. The second-order valence-electron chi connectivity index (χ2n) is 5.36. The Morgan fingerprint density at radius 2 is 2.17 bits per heavy atom. The molecule has 1 saturated heterocycles. The van der Waals surface area contributed by atoms with Crippen LogP contribution in [0, 0.1) is 0 Å². The Kier molecular flexibility index (Phi) is 3.52. The summed E-state index contributed by atoms with van der Waals surface area (Å²) in [6.45, 7) is 3.14. The SMILES string of the molecule is CN(C1CCCNC1)C1CCOc2ccccc21. The van der Waals surface area contributed by atoms with Gasteiger partial charge in [0.05, 0.1) is 6.61 Å². The van der Waals surface area contributed by atoms with Crippen LogP contribution in [-0.2, 0) is 0 Å². The largest absolute Gasteiger partial charge is 0.493 e. The Morgan fingerprint density at radius 3 is 3.00 bits per heavy atom. The molecule has 1 aromatic carbocycles. The second kappa shape index (κ2) is 5.29. The van der Waals surface area contributed by atoms with Crippen molar-refractivity contribution >= 4 is 0 Å². The third kappa shape index (κ3) is 2.25. The molecule has 18 heavy (non-hydrogen) atoms. The van der Waals surface area contributed by atoms with Gasteiger partial charge < -0.3 is 10.1 Å². The zero-order valence-corrected chi connectivity index (χ0v) is 11.1. The molecule has 0 amide bonds. The van der Waals surface area contributed by atoms with Gasteiger partial charge in [0.15, 0.2) is 0 Å². The van der Waals surface area contributed by atoms with E-state index in [1.165, 1.54) is 24.9 Å². The molecule has 0 bridgehead atoms. The fourth-order valence-corrected chi connectivity index (χ4v) is 3.18. The number of hydrogen-bond acceptors (Lipinski definition) is 3. The number of para-hydroxylation sites is 1. The first-order chi connectivity index (χ1) is 8.86. The number of fused-ring (bicyclic) bond motifs is 1. The van der Waals surface area contributed by atoms with Gasteiger partial charge in [-0.1, -0.05) is 18.2 Å². The van der Waals surface area contributed by atoms with Gasteiger partial charge in [-0.3, -0.25) is 4.90 Å². The maximum Gasteiger partial charge on any atom is 0.124 e. The number of rotatable bonds is 2. The lowest BCUT2D eigenvalue weighted by Crippen LogP contribution is -2.46. The van der Waals surface area contributed by atoms with Crippen LogP contribution in [0.2, 0.25) is 0 Å². The smallest absolute Gasteiger partial charge is 0.124 e. The lowest BCUT2D eigenvalue weighted by Gasteiger charge is -2.39. The van der Waals surface area contributed by atoms with Gasteiger partial charge in [0.25, 0.3) is 0 Å². The summed E-state index contributed by atoms with van der Waals surface area (Å²) in [5.74, 6) is 1.07. The summed E-state index contributed by atoms with van der Waals surface area (Å²) in [6, 6.07) is 9.66. The van der Waals surface area contributed by atoms with E-state index in [4.69, 9.17) is 4.74 Å². The minimum Gasteiger partial charge on any atom is -0.493 e. The van der Waals surface area contributed by atoms with Gasteiger partial charge in [0.2, 0.25) is 0 Å². The molecule has 98 valence electrons. The highest BCUT2D eigenvalue weighted by Gasteiger charge is 2.29. The van der Waals surface area contributed by atoms with E-state index in [1.54, 1.807) is 0 Å². The number of hydrogen-bond donors (Lipinski definition) is 1. The molecule has 3 nitrogen and oxygen atoms in total. The van der Waals surface area contributed by atoms with Crippen molar-refractivity contribution in [1.29, 1.82) is 0 Å². The Balaban J connectivity index is 1.80. The highest BCUT2D eigenvalue weighted by molar-refractivity contribution is 5.37. The predicted octanol–water partition coefficient (Wildman–Crippen LogP) is 2.19.